The van der Waals surface area contributed by atoms with Crippen LogP contribution in [0.25, 0.3) is 0 Å². The molecule has 26 heavy (non-hydrogen) atoms. The highest BCUT2D eigenvalue weighted by atomic mass is 32.1. The quantitative estimate of drug-likeness (QED) is 0.480. The molecule has 0 bridgehead atoms. The van der Waals surface area contributed by atoms with Gasteiger partial charge in [-0.05, 0) is 36.6 Å². The maximum Gasteiger partial charge on any atom is 0.431 e. The van der Waals surface area contributed by atoms with Crippen molar-refractivity contribution in [2.45, 2.75) is 23.9 Å². The fourth-order valence-electron chi connectivity index (χ4n) is 2.29. The topological polar surface area (TPSA) is 79.5 Å². The minimum atomic E-state index is -4.60. The number of nitrogens with one attached hydrogen (secondary N) is 2. The largest absolute Gasteiger partial charge is 0.431 e. The molecule has 1 saturated carbocycles. The fourth-order valence-corrected chi connectivity index (χ4v) is 2.51. The van der Waals surface area contributed by atoms with E-state index in [2.05, 4.69) is 28.3 Å². The van der Waals surface area contributed by atoms with Crippen molar-refractivity contribution in [1.82, 2.24) is 5.32 Å². The number of para-hydroxylation sites is 1. The first-order chi connectivity index (χ1) is 12.3. The second kappa shape index (κ2) is 6.91. The second-order valence-corrected chi connectivity index (χ2v) is 6.16. The monoisotopic (exact) mass is 380 g/mol. The van der Waals surface area contributed by atoms with E-state index >= 15 is 0 Å². The summed E-state index contributed by atoms with van der Waals surface area (Å²) >= 11 is 4.22. The Morgan fingerprint density at radius 2 is 2.00 bits per heavy atom. The lowest BCUT2D eigenvalue weighted by Gasteiger charge is -2.21. The summed E-state index contributed by atoms with van der Waals surface area (Å²) in [6.45, 7) is 0. The summed E-state index contributed by atoms with van der Waals surface area (Å²) in [7, 11) is 0. The Labute approximate surface area is 153 Å². The standard InChI is InChI=1S/C17H15F3N4OS/c18-17(19,20)14-7-12(9-5-6-9)22-15(24-14)10(8-21)16(25)23-11-3-1-2-4-13(11)26/h1-4,7-8,26H,5-6,21H2,(H,22,24)(H,23,25). The van der Waals surface area contributed by atoms with Crippen molar-refractivity contribution >= 4 is 30.1 Å². The van der Waals surface area contributed by atoms with Crippen LogP contribution in [0, 0.1) is 0 Å². The van der Waals surface area contributed by atoms with E-state index in [0.717, 1.165) is 17.8 Å². The molecule has 1 aromatic rings. The molecule has 0 aromatic heterocycles. The number of hydrogen-bond donors (Lipinski definition) is 4. The van der Waals surface area contributed by atoms with Gasteiger partial charge in [0.1, 0.15) is 11.5 Å². The fraction of sp³-hybridized carbons (Fsp3) is 0.176. The van der Waals surface area contributed by atoms with Crippen LogP contribution in [-0.2, 0) is 4.79 Å². The molecule has 4 N–H and O–H groups in total. The molecule has 1 aromatic carbocycles. The number of amides is 1. The molecule has 136 valence electrons. The summed E-state index contributed by atoms with van der Waals surface area (Å²) in [6.07, 6.45) is -1.35. The number of alkyl halides is 3. The molecule has 0 atom stereocenters. The molecule has 5 nitrogen and oxygen atoms in total. The number of nitrogens with zero attached hydrogens (tertiary/aromatic N) is 1. The number of rotatable bonds is 3. The van der Waals surface area contributed by atoms with Gasteiger partial charge in [-0.25, -0.2) is 4.99 Å². The highest BCUT2D eigenvalue weighted by Crippen LogP contribution is 2.36. The molecule has 1 heterocycles. The van der Waals surface area contributed by atoms with Crippen LogP contribution in [0.2, 0.25) is 0 Å². The average molecular weight is 380 g/mol. The normalized spacial score (nSPS) is 17.3. The molecule has 0 spiro atoms. The first kappa shape index (κ1) is 18.1. The van der Waals surface area contributed by atoms with Gasteiger partial charge in [0.2, 0.25) is 0 Å². The van der Waals surface area contributed by atoms with Crippen molar-refractivity contribution in [2.75, 3.05) is 5.32 Å². The van der Waals surface area contributed by atoms with Gasteiger partial charge in [-0.2, -0.15) is 13.2 Å². The molecule has 9 heteroatoms. The summed E-state index contributed by atoms with van der Waals surface area (Å²) in [5.41, 5.74) is 5.75. The smallest absolute Gasteiger partial charge is 0.404 e. The van der Waals surface area contributed by atoms with E-state index < -0.39 is 17.8 Å². The highest BCUT2D eigenvalue weighted by molar-refractivity contribution is 7.80. The Morgan fingerprint density at radius 3 is 2.58 bits per heavy atom. The van der Waals surface area contributed by atoms with Crippen molar-refractivity contribution in [3.63, 3.8) is 0 Å². The zero-order chi connectivity index (χ0) is 18.9. The zero-order valence-electron chi connectivity index (χ0n) is 13.4. The molecule has 1 fully saturated rings. The SMILES string of the molecule is NC=C(C(=O)Nc1ccccc1S)C1=NC(=C2CC2)C=C(C(F)(F)F)N1. The summed E-state index contributed by atoms with van der Waals surface area (Å²) in [6, 6.07) is 6.71. The first-order valence-electron chi connectivity index (χ1n) is 7.68. The van der Waals surface area contributed by atoms with Gasteiger partial charge in [-0.3, -0.25) is 4.79 Å². The van der Waals surface area contributed by atoms with Crippen LogP contribution in [0.15, 0.2) is 69.0 Å². The van der Waals surface area contributed by atoms with Gasteiger partial charge in [0.05, 0.1) is 17.0 Å². The molecule has 3 rings (SSSR count). The number of halogens is 3. The Bertz CT molecular complexity index is 878. The van der Waals surface area contributed by atoms with Crippen LogP contribution in [-0.4, -0.2) is 17.9 Å². The maximum atomic E-state index is 13.2. The Kier molecular flexibility index (Phi) is 4.82. The molecular weight excluding hydrogens is 365 g/mol. The average Bonchev–Trinajstić information content (AvgIpc) is 3.42. The number of nitrogens with two attached hydrogens (primary N) is 1. The third kappa shape index (κ3) is 3.93. The summed E-state index contributed by atoms with van der Waals surface area (Å²) in [5.74, 6) is -0.935. The molecule has 1 aliphatic carbocycles. The summed E-state index contributed by atoms with van der Waals surface area (Å²) in [5, 5.41) is 4.73. The van der Waals surface area contributed by atoms with E-state index in [9.17, 15) is 18.0 Å². The van der Waals surface area contributed by atoms with Crippen LogP contribution in [0.1, 0.15) is 12.8 Å². The van der Waals surface area contributed by atoms with Crippen molar-refractivity contribution in [1.29, 1.82) is 0 Å². The van der Waals surface area contributed by atoms with Gasteiger partial charge in [0.25, 0.3) is 5.91 Å². The van der Waals surface area contributed by atoms with Gasteiger partial charge in [0.15, 0.2) is 0 Å². The third-order valence-corrected chi connectivity index (χ3v) is 4.14. The van der Waals surface area contributed by atoms with E-state index in [1.165, 1.54) is 0 Å². The Morgan fingerprint density at radius 1 is 1.31 bits per heavy atom. The molecule has 1 aliphatic heterocycles. The Balaban J connectivity index is 1.89. The van der Waals surface area contributed by atoms with E-state index in [0.29, 0.717) is 23.4 Å². The van der Waals surface area contributed by atoms with E-state index in [1.54, 1.807) is 24.3 Å². The number of thiol groups is 1. The number of aliphatic imine (C=N–C) groups is 1. The van der Waals surface area contributed by atoms with E-state index in [4.69, 9.17) is 5.73 Å². The van der Waals surface area contributed by atoms with Gasteiger partial charge in [-0.15, -0.1) is 12.6 Å². The molecule has 2 aliphatic rings. The highest BCUT2D eigenvalue weighted by Gasteiger charge is 2.38. The minimum absolute atomic E-state index is 0.199. The van der Waals surface area contributed by atoms with Crippen molar-refractivity contribution in [3.05, 3.63) is 59.1 Å². The number of anilines is 1. The molecular formula is C17H15F3N4OS. The van der Waals surface area contributed by atoms with E-state index in [-0.39, 0.29) is 17.1 Å². The van der Waals surface area contributed by atoms with Gasteiger partial charge < -0.3 is 16.4 Å². The first-order valence-corrected chi connectivity index (χ1v) is 8.12. The maximum absolute atomic E-state index is 13.2. The lowest BCUT2D eigenvalue weighted by atomic mass is 10.1. The van der Waals surface area contributed by atoms with Crippen LogP contribution in [0.5, 0.6) is 0 Å². The van der Waals surface area contributed by atoms with Crippen molar-refractivity contribution in [3.8, 4) is 0 Å². The molecule has 0 unspecified atom stereocenters. The predicted molar refractivity (Wildman–Crippen MR) is 95.6 cm³/mol. The van der Waals surface area contributed by atoms with Gasteiger partial charge >= 0.3 is 6.18 Å². The number of benzene rings is 1. The predicted octanol–water partition coefficient (Wildman–Crippen LogP) is 3.25. The van der Waals surface area contributed by atoms with Crippen molar-refractivity contribution < 1.29 is 18.0 Å². The number of carbonyl (C=O) groups excluding carboxylic acids is 1. The van der Waals surface area contributed by atoms with Gasteiger partial charge in [0, 0.05) is 11.1 Å². The number of hydrogen-bond acceptors (Lipinski definition) is 5. The van der Waals surface area contributed by atoms with Crippen LogP contribution in [0.4, 0.5) is 18.9 Å². The Hall–Kier alpha value is -2.68. The van der Waals surface area contributed by atoms with Crippen molar-refractivity contribution in [2.24, 2.45) is 10.7 Å². The third-order valence-electron chi connectivity index (χ3n) is 3.75. The zero-order valence-corrected chi connectivity index (χ0v) is 14.3. The van der Waals surface area contributed by atoms with Crippen LogP contribution >= 0.6 is 12.6 Å². The van der Waals surface area contributed by atoms with Gasteiger partial charge in [-0.1, -0.05) is 12.1 Å². The summed E-state index contributed by atoms with van der Waals surface area (Å²) in [4.78, 5) is 17.2. The molecule has 0 saturated heterocycles. The number of allylic oxidation sites excluding steroid dienone is 3. The number of amidine groups is 1. The van der Waals surface area contributed by atoms with Crippen LogP contribution < -0.4 is 16.4 Å². The van der Waals surface area contributed by atoms with Crippen LogP contribution in [0.3, 0.4) is 0 Å². The molecule has 0 radical (unpaired) electrons. The minimum Gasteiger partial charge on any atom is -0.404 e. The lowest BCUT2D eigenvalue weighted by molar-refractivity contribution is -0.112. The second-order valence-electron chi connectivity index (χ2n) is 5.68. The lowest BCUT2D eigenvalue weighted by Crippen LogP contribution is -2.38. The molecule has 1 amide bonds. The summed E-state index contributed by atoms with van der Waals surface area (Å²) < 4.78 is 39.5. The van der Waals surface area contributed by atoms with E-state index in [1.807, 2.05) is 0 Å². The number of carbonyl (C=O) groups is 1.